The van der Waals surface area contributed by atoms with Crippen LogP contribution in [-0.2, 0) is 6.61 Å². The van der Waals surface area contributed by atoms with Crippen LogP contribution in [0.5, 0.6) is 17.2 Å². The lowest BCUT2D eigenvalue weighted by atomic mass is 10.2. The zero-order valence-corrected chi connectivity index (χ0v) is 13.3. The molecule has 0 saturated heterocycles. The minimum atomic E-state index is -0.365. The Balaban J connectivity index is 1.62. The first-order chi connectivity index (χ1) is 12.1. The molecule has 3 aromatic carbocycles. The summed E-state index contributed by atoms with van der Waals surface area (Å²) in [5.41, 5.74) is 1.72. The van der Waals surface area contributed by atoms with Crippen molar-refractivity contribution in [2.75, 3.05) is 5.32 Å². The number of nitrogens with one attached hydrogen (secondary N) is 1. The molecule has 1 amide bonds. The molecule has 5 nitrogen and oxygen atoms in total. The number of aromatic hydroxyl groups is 2. The molecule has 0 aromatic heterocycles. The van der Waals surface area contributed by atoms with Crippen molar-refractivity contribution < 1.29 is 19.7 Å². The highest BCUT2D eigenvalue weighted by Crippen LogP contribution is 2.27. The molecule has 0 fully saturated rings. The fourth-order valence-electron chi connectivity index (χ4n) is 2.26. The fraction of sp³-hybridized carbons (Fsp3) is 0.0500. The van der Waals surface area contributed by atoms with Crippen LogP contribution in [0.2, 0.25) is 0 Å². The van der Waals surface area contributed by atoms with Crippen LogP contribution in [0.3, 0.4) is 0 Å². The number of benzene rings is 3. The first-order valence-corrected chi connectivity index (χ1v) is 7.72. The Bertz CT molecular complexity index is 861. The number of hydrogen-bond donors (Lipinski definition) is 3. The second kappa shape index (κ2) is 7.40. The third-order valence-corrected chi connectivity index (χ3v) is 3.59. The molecule has 0 radical (unpaired) electrons. The Hall–Kier alpha value is -3.47. The van der Waals surface area contributed by atoms with Gasteiger partial charge >= 0.3 is 0 Å². The maximum atomic E-state index is 12.2. The maximum Gasteiger partial charge on any atom is 0.255 e. The zero-order chi connectivity index (χ0) is 17.6. The van der Waals surface area contributed by atoms with Gasteiger partial charge < -0.3 is 20.3 Å². The van der Waals surface area contributed by atoms with E-state index in [2.05, 4.69) is 5.32 Å². The summed E-state index contributed by atoms with van der Waals surface area (Å²) in [6.07, 6.45) is 0. The molecular formula is C20H17NO4. The standard InChI is InChI=1S/C20H17NO4/c22-16-8-11-18(19(23)12-16)21-20(24)15-6-9-17(10-7-15)25-13-14-4-2-1-3-5-14/h1-12,22-23H,13H2,(H,21,24). The number of phenols is 2. The van der Waals surface area contributed by atoms with Gasteiger partial charge in [-0.25, -0.2) is 0 Å². The Morgan fingerprint density at radius 3 is 2.32 bits per heavy atom. The SMILES string of the molecule is O=C(Nc1ccc(O)cc1O)c1ccc(OCc2ccccc2)cc1. The van der Waals surface area contributed by atoms with Crippen LogP contribution in [0.25, 0.3) is 0 Å². The van der Waals surface area contributed by atoms with E-state index in [1.165, 1.54) is 12.1 Å². The van der Waals surface area contributed by atoms with Crippen molar-refractivity contribution >= 4 is 11.6 Å². The van der Waals surface area contributed by atoms with E-state index in [-0.39, 0.29) is 23.1 Å². The van der Waals surface area contributed by atoms with E-state index in [9.17, 15) is 15.0 Å². The summed E-state index contributed by atoms with van der Waals surface area (Å²) in [5, 5.41) is 21.6. The van der Waals surface area contributed by atoms with Gasteiger partial charge in [-0.15, -0.1) is 0 Å². The number of anilines is 1. The van der Waals surface area contributed by atoms with Crippen LogP contribution in [0.4, 0.5) is 5.69 Å². The molecule has 126 valence electrons. The van der Waals surface area contributed by atoms with Gasteiger partial charge in [-0.2, -0.15) is 0 Å². The van der Waals surface area contributed by atoms with Gasteiger partial charge in [0.05, 0.1) is 5.69 Å². The minimum Gasteiger partial charge on any atom is -0.508 e. The predicted molar refractivity (Wildman–Crippen MR) is 94.9 cm³/mol. The summed E-state index contributed by atoms with van der Waals surface area (Å²) in [4.78, 5) is 12.2. The Morgan fingerprint density at radius 2 is 1.64 bits per heavy atom. The molecule has 0 saturated carbocycles. The molecular weight excluding hydrogens is 318 g/mol. The topological polar surface area (TPSA) is 78.8 Å². The molecule has 25 heavy (non-hydrogen) atoms. The molecule has 3 rings (SSSR count). The average molecular weight is 335 g/mol. The molecule has 5 heteroatoms. The second-order valence-corrected chi connectivity index (χ2v) is 5.45. The Kier molecular flexibility index (Phi) is 4.85. The maximum absolute atomic E-state index is 12.2. The van der Waals surface area contributed by atoms with Crippen LogP contribution < -0.4 is 10.1 Å². The largest absolute Gasteiger partial charge is 0.508 e. The van der Waals surface area contributed by atoms with Crippen molar-refractivity contribution in [2.24, 2.45) is 0 Å². The lowest BCUT2D eigenvalue weighted by molar-refractivity contribution is 0.102. The van der Waals surface area contributed by atoms with Gasteiger partial charge in [-0.1, -0.05) is 30.3 Å². The smallest absolute Gasteiger partial charge is 0.255 e. The van der Waals surface area contributed by atoms with Crippen molar-refractivity contribution in [1.82, 2.24) is 0 Å². The van der Waals surface area contributed by atoms with Crippen molar-refractivity contribution in [3.05, 3.63) is 83.9 Å². The lowest BCUT2D eigenvalue weighted by Crippen LogP contribution is -2.11. The molecule has 0 spiro atoms. The quantitative estimate of drug-likeness (QED) is 0.488. The Labute approximate surface area is 145 Å². The summed E-state index contributed by atoms with van der Waals surface area (Å²) < 4.78 is 5.68. The molecule has 3 N–H and O–H groups in total. The monoisotopic (exact) mass is 335 g/mol. The Morgan fingerprint density at radius 1 is 0.920 bits per heavy atom. The molecule has 0 heterocycles. The molecule has 0 unspecified atom stereocenters. The molecule has 0 aliphatic heterocycles. The van der Waals surface area contributed by atoms with Gasteiger partial charge in [0.15, 0.2) is 0 Å². The van der Waals surface area contributed by atoms with Crippen LogP contribution in [0.15, 0.2) is 72.8 Å². The van der Waals surface area contributed by atoms with Gasteiger partial charge in [0, 0.05) is 11.6 Å². The summed E-state index contributed by atoms with van der Waals surface area (Å²) >= 11 is 0. The molecule has 3 aromatic rings. The van der Waals surface area contributed by atoms with Crippen molar-refractivity contribution in [1.29, 1.82) is 0 Å². The molecule has 0 aliphatic carbocycles. The summed E-state index contributed by atoms with van der Waals surface area (Å²) in [5.74, 6) is 0.0232. The average Bonchev–Trinajstić information content (AvgIpc) is 2.63. The van der Waals surface area contributed by atoms with Crippen LogP contribution in [0.1, 0.15) is 15.9 Å². The normalized spacial score (nSPS) is 10.2. The number of carbonyl (C=O) groups is 1. The van der Waals surface area contributed by atoms with Gasteiger partial charge in [-0.3, -0.25) is 4.79 Å². The molecule has 0 bridgehead atoms. The fourth-order valence-corrected chi connectivity index (χ4v) is 2.26. The van der Waals surface area contributed by atoms with E-state index in [0.717, 1.165) is 11.6 Å². The first kappa shape index (κ1) is 16.4. The van der Waals surface area contributed by atoms with E-state index in [1.54, 1.807) is 24.3 Å². The second-order valence-electron chi connectivity index (χ2n) is 5.45. The van der Waals surface area contributed by atoms with E-state index < -0.39 is 0 Å². The van der Waals surface area contributed by atoms with E-state index in [0.29, 0.717) is 17.9 Å². The first-order valence-electron chi connectivity index (χ1n) is 7.72. The highest BCUT2D eigenvalue weighted by atomic mass is 16.5. The number of ether oxygens (including phenoxy) is 1. The van der Waals surface area contributed by atoms with Gasteiger partial charge in [-0.05, 0) is 42.0 Å². The third kappa shape index (κ3) is 4.29. The number of carbonyl (C=O) groups excluding carboxylic acids is 1. The van der Waals surface area contributed by atoms with Crippen molar-refractivity contribution in [3.8, 4) is 17.2 Å². The summed E-state index contributed by atoms with van der Waals surface area (Å²) in [6, 6.07) is 20.5. The lowest BCUT2D eigenvalue weighted by Gasteiger charge is -2.09. The third-order valence-electron chi connectivity index (χ3n) is 3.59. The summed E-state index contributed by atoms with van der Waals surface area (Å²) in [7, 11) is 0. The van der Waals surface area contributed by atoms with E-state index >= 15 is 0 Å². The van der Waals surface area contributed by atoms with E-state index in [1.807, 2.05) is 30.3 Å². The van der Waals surface area contributed by atoms with Crippen molar-refractivity contribution in [3.63, 3.8) is 0 Å². The number of phenolic OH excluding ortho intramolecular Hbond substituents is 2. The zero-order valence-electron chi connectivity index (χ0n) is 13.3. The number of hydrogen-bond acceptors (Lipinski definition) is 4. The highest BCUT2D eigenvalue weighted by Gasteiger charge is 2.09. The number of rotatable bonds is 5. The molecule has 0 atom stereocenters. The van der Waals surface area contributed by atoms with E-state index in [4.69, 9.17) is 4.74 Å². The highest BCUT2D eigenvalue weighted by molar-refractivity contribution is 6.05. The van der Waals surface area contributed by atoms with Crippen LogP contribution >= 0.6 is 0 Å². The van der Waals surface area contributed by atoms with Crippen molar-refractivity contribution in [2.45, 2.75) is 6.61 Å². The molecule has 0 aliphatic rings. The summed E-state index contributed by atoms with van der Waals surface area (Å²) in [6.45, 7) is 0.452. The number of amides is 1. The van der Waals surface area contributed by atoms with Gasteiger partial charge in [0.25, 0.3) is 5.91 Å². The van der Waals surface area contributed by atoms with Crippen LogP contribution in [0, 0.1) is 0 Å². The van der Waals surface area contributed by atoms with Gasteiger partial charge in [0.2, 0.25) is 0 Å². The minimum absolute atomic E-state index is 0.0737. The van der Waals surface area contributed by atoms with Crippen LogP contribution in [-0.4, -0.2) is 16.1 Å². The predicted octanol–water partition coefficient (Wildman–Crippen LogP) is 3.93. The van der Waals surface area contributed by atoms with Gasteiger partial charge in [0.1, 0.15) is 23.9 Å².